The number of diazo groups is 1. The zero-order valence-corrected chi connectivity index (χ0v) is 17.6. The molecule has 4 rings (SSSR count). The minimum absolute atomic E-state index is 0.122. The smallest absolute Gasteiger partial charge is 0.392 e. The number of nitrogens with zero attached hydrogens (tertiary/aromatic N) is 4. The number of azo groups is 1. The number of hydrogen-bond acceptors (Lipinski definition) is 8. The average molecular weight is 468 g/mol. The Kier molecular flexibility index (Phi) is 5.19. The third-order valence-electron chi connectivity index (χ3n) is 4.71. The lowest BCUT2D eigenvalue weighted by molar-refractivity contribution is 0.463. The second-order valence-electron chi connectivity index (χ2n) is 6.67. The molecule has 0 saturated heterocycles. The lowest BCUT2D eigenvalue weighted by Gasteiger charge is -2.13. The number of benzene rings is 4. The van der Waals surface area contributed by atoms with Crippen LogP contribution in [0.5, 0.6) is 0 Å². The van der Waals surface area contributed by atoms with Gasteiger partial charge < -0.3 is 4.55 Å². The van der Waals surface area contributed by atoms with Gasteiger partial charge in [0.05, 0.1) is 21.7 Å². The molecule has 0 spiro atoms. The molecule has 12 heteroatoms. The topological polar surface area (TPSA) is 164 Å². The quantitative estimate of drug-likeness (QED) is 0.249. The van der Waals surface area contributed by atoms with E-state index in [1.165, 1.54) is 30.3 Å². The molecule has 0 bridgehead atoms. The van der Waals surface area contributed by atoms with Crippen LogP contribution in [0.1, 0.15) is 0 Å². The van der Waals surface area contributed by atoms with Crippen LogP contribution < -0.4 is 0 Å². The van der Waals surface area contributed by atoms with Crippen molar-refractivity contribution in [2.75, 3.05) is 0 Å². The number of fused-ring (bicyclic) bond motifs is 2. The van der Waals surface area contributed by atoms with Crippen LogP contribution in [0, 0.1) is 5.39 Å². The first-order chi connectivity index (χ1) is 15.1. The zero-order chi connectivity index (χ0) is 23.1. The molecular formula is C20H12N4O6S2. The van der Waals surface area contributed by atoms with Crippen LogP contribution in [0.15, 0.2) is 86.7 Å². The molecule has 0 aliphatic carbocycles. The first kappa shape index (κ1) is 21.5. The lowest BCUT2D eigenvalue weighted by atomic mass is 10.1. The fourth-order valence-corrected chi connectivity index (χ4v) is 4.76. The molecule has 0 heterocycles. The van der Waals surface area contributed by atoms with Crippen LogP contribution in [0.25, 0.3) is 26.5 Å². The maximum absolute atomic E-state index is 11.8. The summed E-state index contributed by atoms with van der Waals surface area (Å²) in [6.07, 6.45) is 0. The van der Waals surface area contributed by atoms with E-state index in [2.05, 4.69) is 15.2 Å². The molecule has 4 aromatic carbocycles. The summed E-state index contributed by atoms with van der Waals surface area (Å²) in [7, 11) is -9.72. The predicted octanol–water partition coefficient (Wildman–Crippen LogP) is 5.04. The molecule has 0 radical (unpaired) electrons. The van der Waals surface area contributed by atoms with Gasteiger partial charge in [-0.15, -0.1) is 5.11 Å². The normalized spacial score (nSPS) is 12.4. The van der Waals surface area contributed by atoms with E-state index in [1.807, 2.05) is 0 Å². The monoisotopic (exact) mass is 468 g/mol. The summed E-state index contributed by atoms with van der Waals surface area (Å²) in [5.41, 5.74) is 0.536. The molecule has 160 valence electrons. The van der Waals surface area contributed by atoms with Gasteiger partial charge in [0.25, 0.3) is 10.1 Å². The number of hydrogen-bond donors (Lipinski definition) is 1. The van der Waals surface area contributed by atoms with E-state index in [0.717, 1.165) is 12.1 Å². The first-order valence-corrected chi connectivity index (χ1v) is 11.7. The molecule has 10 nitrogen and oxygen atoms in total. The van der Waals surface area contributed by atoms with Gasteiger partial charge in [0, 0.05) is 22.2 Å². The molecule has 4 aromatic rings. The summed E-state index contributed by atoms with van der Waals surface area (Å²) in [6, 6.07) is 15.6. The van der Waals surface area contributed by atoms with Crippen LogP contribution in [-0.2, 0) is 20.2 Å². The van der Waals surface area contributed by atoms with E-state index >= 15 is 0 Å². The van der Waals surface area contributed by atoms with E-state index in [0.29, 0.717) is 22.1 Å². The third-order valence-corrected chi connectivity index (χ3v) is 6.50. The molecule has 0 aromatic heterocycles. The molecule has 0 aliphatic rings. The van der Waals surface area contributed by atoms with E-state index < -0.39 is 30.0 Å². The van der Waals surface area contributed by atoms with Gasteiger partial charge in [-0.1, -0.05) is 30.3 Å². The third kappa shape index (κ3) is 3.93. The maximum atomic E-state index is 11.8. The minimum Gasteiger partial charge on any atom is -0.744 e. The van der Waals surface area contributed by atoms with Crippen molar-refractivity contribution in [3.63, 3.8) is 0 Å². The Labute approximate surface area is 182 Å². The predicted molar refractivity (Wildman–Crippen MR) is 115 cm³/mol. The van der Waals surface area contributed by atoms with E-state index in [-0.39, 0.29) is 16.5 Å². The van der Waals surface area contributed by atoms with Gasteiger partial charge in [-0.3, -0.25) is 4.55 Å². The zero-order valence-electron chi connectivity index (χ0n) is 15.9. The molecule has 1 N–H and O–H groups in total. The summed E-state index contributed by atoms with van der Waals surface area (Å²) < 4.78 is 68.4. The van der Waals surface area contributed by atoms with E-state index in [1.54, 1.807) is 24.3 Å². The molecule has 0 amide bonds. The van der Waals surface area contributed by atoms with Gasteiger partial charge in [0.1, 0.15) is 15.0 Å². The molecular weight excluding hydrogens is 456 g/mol. The highest BCUT2D eigenvalue weighted by molar-refractivity contribution is 7.86. The van der Waals surface area contributed by atoms with Crippen LogP contribution in [0.4, 0.5) is 17.1 Å². The SMILES string of the molecule is N#[N+]c1ccc(N=Nc2cc(S(=O)(=O)[O-])c3cccc(S(=O)(=O)O)c3c2)c2ccccc12. The Morgan fingerprint density at radius 3 is 2.12 bits per heavy atom. The Hall–Kier alpha value is -3.76. The van der Waals surface area contributed by atoms with Crippen molar-refractivity contribution >= 4 is 58.8 Å². The van der Waals surface area contributed by atoms with E-state index in [4.69, 9.17) is 5.39 Å². The fourth-order valence-electron chi connectivity index (χ4n) is 3.35. The van der Waals surface area contributed by atoms with Gasteiger partial charge in [0.2, 0.25) is 5.39 Å². The van der Waals surface area contributed by atoms with Gasteiger partial charge >= 0.3 is 5.69 Å². The summed E-state index contributed by atoms with van der Waals surface area (Å²) in [5.74, 6) is 0. The van der Waals surface area contributed by atoms with Crippen molar-refractivity contribution in [3.8, 4) is 0 Å². The highest BCUT2D eigenvalue weighted by Crippen LogP contribution is 2.36. The minimum atomic E-state index is -5.01. The summed E-state index contributed by atoms with van der Waals surface area (Å²) in [4.78, 5) is 1.94. The average Bonchev–Trinajstić information content (AvgIpc) is 2.75. The maximum Gasteiger partial charge on any atom is 0.392 e. The molecule has 32 heavy (non-hydrogen) atoms. The standard InChI is InChI=1S/C20H12N4O6S2/c21-22-17-8-9-18(14-5-2-1-4-13(14)17)24-23-12-10-16-15(20(11-12)32(28,29)30)6-3-7-19(16)31(25,26)27/h1-11H,(H-,25,26,27,28,29,30). The van der Waals surface area contributed by atoms with Crippen molar-refractivity contribution in [1.29, 1.82) is 5.39 Å². The molecule has 0 aliphatic heterocycles. The van der Waals surface area contributed by atoms with Crippen LogP contribution in [0.2, 0.25) is 0 Å². The Morgan fingerprint density at radius 2 is 1.47 bits per heavy atom. The summed E-state index contributed by atoms with van der Waals surface area (Å²) in [5, 5.41) is 18.0. The van der Waals surface area contributed by atoms with Crippen molar-refractivity contribution < 1.29 is 25.9 Å². The lowest BCUT2D eigenvalue weighted by Crippen LogP contribution is -2.03. The molecule has 0 unspecified atom stereocenters. The second kappa shape index (κ2) is 7.74. The van der Waals surface area contributed by atoms with Crippen LogP contribution in [-0.4, -0.2) is 25.9 Å². The highest BCUT2D eigenvalue weighted by atomic mass is 32.2. The molecule has 0 fully saturated rings. The summed E-state index contributed by atoms with van der Waals surface area (Å²) >= 11 is 0. The molecule has 0 atom stereocenters. The van der Waals surface area contributed by atoms with Gasteiger partial charge in [-0.05, 0) is 30.3 Å². The highest BCUT2D eigenvalue weighted by Gasteiger charge is 2.19. The van der Waals surface area contributed by atoms with Crippen LogP contribution in [0.3, 0.4) is 0 Å². The first-order valence-electron chi connectivity index (χ1n) is 8.88. The van der Waals surface area contributed by atoms with Gasteiger partial charge in [0.15, 0.2) is 4.98 Å². The summed E-state index contributed by atoms with van der Waals surface area (Å²) in [6.45, 7) is 0. The Balaban J connectivity index is 1.96. The second-order valence-corrected chi connectivity index (χ2v) is 9.41. The Morgan fingerprint density at radius 1 is 0.781 bits per heavy atom. The van der Waals surface area contributed by atoms with Crippen molar-refractivity contribution in [2.45, 2.75) is 9.79 Å². The Bertz CT molecular complexity index is 1690. The molecule has 0 saturated carbocycles. The fraction of sp³-hybridized carbons (Fsp3) is 0. The van der Waals surface area contributed by atoms with Crippen molar-refractivity contribution in [2.24, 2.45) is 10.2 Å². The van der Waals surface area contributed by atoms with Gasteiger partial charge in [-0.25, -0.2) is 8.42 Å². The van der Waals surface area contributed by atoms with Crippen molar-refractivity contribution in [1.82, 2.24) is 0 Å². The largest absolute Gasteiger partial charge is 0.744 e. The van der Waals surface area contributed by atoms with Crippen LogP contribution >= 0.6 is 0 Å². The number of rotatable bonds is 4. The van der Waals surface area contributed by atoms with E-state index in [9.17, 15) is 25.9 Å². The van der Waals surface area contributed by atoms with Gasteiger partial charge in [-0.2, -0.15) is 13.5 Å². The van der Waals surface area contributed by atoms with Crippen molar-refractivity contribution in [3.05, 3.63) is 71.7 Å².